The average Bonchev–Trinajstić information content (AvgIpc) is 2.80. The topological polar surface area (TPSA) is 64.4 Å². The summed E-state index contributed by atoms with van der Waals surface area (Å²) >= 11 is 3.12. The van der Waals surface area contributed by atoms with Crippen LogP contribution >= 0.6 is 15.9 Å². The predicted octanol–water partition coefficient (Wildman–Crippen LogP) is 2.59. The summed E-state index contributed by atoms with van der Waals surface area (Å²) in [4.78, 5) is 11.4. The Morgan fingerprint density at radius 1 is 1.50 bits per heavy atom. The van der Waals surface area contributed by atoms with Gasteiger partial charge in [0.15, 0.2) is 24.0 Å². The first-order chi connectivity index (χ1) is 8.65. The molecule has 0 unspecified atom stereocenters. The maximum atomic E-state index is 13.4. The van der Waals surface area contributed by atoms with Crippen LogP contribution in [0.25, 0.3) is 0 Å². The Hall–Kier alpha value is -1.89. The number of aromatic nitrogens is 1. The summed E-state index contributed by atoms with van der Waals surface area (Å²) < 4.78 is 23.5. The molecule has 0 bridgehead atoms. The van der Waals surface area contributed by atoms with Gasteiger partial charge in [0, 0.05) is 10.5 Å². The number of anilines is 1. The van der Waals surface area contributed by atoms with Crippen LogP contribution in [0.2, 0.25) is 0 Å². The summed E-state index contributed by atoms with van der Waals surface area (Å²) in [6.07, 6.45) is 1.32. The number of hydrogen-bond donors (Lipinski definition) is 1. The molecule has 0 saturated heterocycles. The molecule has 0 atom stereocenters. The lowest BCUT2D eigenvalue weighted by atomic mass is 10.3. The van der Waals surface area contributed by atoms with Gasteiger partial charge in [-0.1, -0.05) is 21.1 Å². The summed E-state index contributed by atoms with van der Waals surface area (Å²) in [6.45, 7) is -0.314. The second-order valence-electron chi connectivity index (χ2n) is 3.30. The molecule has 5 nitrogen and oxygen atoms in total. The molecule has 0 saturated carbocycles. The molecule has 1 amide bonds. The van der Waals surface area contributed by atoms with E-state index in [1.54, 1.807) is 6.07 Å². The van der Waals surface area contributed by atoms with Crippen LogP contribution in [0.4, 0.5) is 10.2 Å². The van der Waals surface area contributed by atoms with Crippen LogP contribution in [-0.4, -0.2) is 17.7 Å². The van der Waals surface area contributed by atoms with Gasteiger partial charge in [0.1, 0.15) is 6.26 Å². The highest BCUT2D eigenvalue weighted by atomic mass is 79.9. The third kappa shape index (κ3) is 3.30. The number of amides is 1. The lowest BCUT2D eigenvalue weighted by Crippen LogP contribution is -2.20. The van der Waals surface area contributed by atoms with E-state index >= 15 is 0 Å². The van der Waals surface area contributed by atoms with Crippen molar-refractivity contribution in [3.63, 3.8) is 0 Å². The number of nitrogens with one attached hydrogen (secondary N) is 1. The lowest BCUT2D eigenvalue weighted by Gasteiger charge is -2.06. The van der Waals surface area contributed by atoms with Gasteiger partial charge in [-0.15, -0.1) is 0 Å². The van der Waals surface area contributed by atoms with E-state index in [9.17, 15) is 9.18 Å². The Balaban J connectivity index is 1.89. The molecule has 0 fully saturated rings. The van der Waals surface area contributed by atoms with E-state index in [2.05, 4.69) is 30.9 Å². The Kier molecular flexibility index (Phi) is 3.93. The summed E-state index contributed by atoms with van der Waals surface area (Å²) in [7, 11) is 0. The van der Waals surface area contributed by atoms with Gasteiger partial charge in [-0.3, -0.25) is 4.79 Å². The smallest absolute Gasteiger partial charge is 0.263 e. The second-order valence-corrected chi connectivity index (χ2v) is 4.21. The third-order valence-corrected chi connectivity index (χ3v) is 2.45. The van der Waals surface area contributed by atoms with Crippen molar-refractivity contribution in [2.75, 3.05) is 11.9 Å². The van der Waals surface area contributed by atoms with Crippen LogP contribution in [-0.2, 0) is 4.79 Å². The van der Waals surface area contributed by atoms with Crippen LogP contribution < -0.4 is 10.1 Å². The fourth-order valence-corrected chi connectivity index (χ4v) is 1.52. The molecule has 0 aliphatic rings. The largest absolute Gasteiger partial charge is 0.481 e. The second kappa shape index (κ2) is 5.63. The number of halogens is 2. The molecule has 1 aromatic heterocycles. The predicted molar refractivity (Wildman–Crippen MR) is 64.7 cm³/mol. The van der Waals surface area contributed by atoms with Crippen LogP contribution in [0.5, 0.6) is 5.75 Å². The van der Waals surface area contributed by atoms with Gasteiger partial charge in [-0.2, -0.15) is 0 Å². The molecule has 2 aromatic rings. The first-order valence-corrected chi connectivity index (χ1v) is 5.72. The Morgan fingerprint density at radius 3 is 3.00 bits per heavy atom. The van der Waals surface area contributed by atoms with Gasteiger partial charge in [0.05, 0.1) is 0 Å². The van der Waals surface area contributed by atoms with Crippen LogP contribution in [0.3, 0.4) is 0 Å². The van der Waals surface area contributed by atoms with Crippen molar-refractivity contribution in [1.82, 2.24) is 5.16 Å². The van der Waals surface area contributed by atoms with Crippen molar-refractivity contribution in [3.8, 4) is 5.75 Å². The maximum Gasteiger partial charge on any atom is 0.263 e. The van der Waals surface area contributed by atoms with Gasteiger partial charge in [0.2, 0.25) is 0 Å². The zero-order valence-electron chi connectivity index (χ0n) is 9.02. The van der Waals surface area contributed by atoms with Crippen molar-refractivity contribution < 1.29 is 18.4 Å². The Morgan fingerprint density at radius 2 is 2.33 bits per heavy atom. The van der Waals surface area contributed by atoms with Gasteiger partial charge < -0.3 is 14.6 Å². The minimum atomic E-state index is -0.543. The van der Waals surface area contributed by atoms with Crippen LogP contribution in [0, 0.1) is 5.82 Å². The van der Waals surface area contributed by atoms with Crippen molar-refractivity contribution in [1.29, 1.82) is 0 Å². The monoisotopic (exact) mass is 314 g/mol. The molecule has 1 N–H and O–H groups in total. The normalized spacial score (nSPS) is 10.1. The number of rotatable bonds is 4. The quantitative estimate of drug-likeness (QED) is 0.942. The Labute approximate surface area is 110 Å². The van der Waals surface area contributed by atoms with E-state index in [0.29, 0.717) is 4.47 Å². The van der Waals surface area contributed by atoms with E-state index in [-0.39, 0.29) is 18.2 Å². The fraction of sp³-hybridized carbons (Fsp3) is 0.0909. The SMILES string of the molecule is O=C(COc1ccc(Br)cc1F)Nc1ccon1. The van der Waals surface area contributed by atoms with Crippen molar-refractivity contribution in [2.24, 2.45) is 0 Å². The van der Waals surface area contributed by atoms with Crippen molar-refractivity contribution in [3.05, 3.63) is 40.8 Å². The molecule has 0 spiro atoms. The molecule has 0 aliphatic heterocycles. The minimum Gasteiger partial charge on any atom is -0.481 e. The number of ether oxygens (including phenoxy) is 1. The molecular weight excluding hydrogens is 307 g/mol. The molecule has 1 aromatic carbocycles. The number of carbonyl (C=O) groups excluding carboxylic acids is 1. The fourth-order valence-electron chi connectivity index (χ4n) is 1.19. The molecule has 94 valence electrons. The van der Waals surface area contributed by atoms with Crippen molar-refractivity contribution in [2.45, 2.75) is 0 Å². The zero-order valence-corrected chi connectivity index (χ0v) is 10.6. The minimum absolute atomic E-state index is 0.00787. The first kappa shape index (κ1) is 12.6. The van der Waals surface area contributed by atoms with Crippen LogP contribution in [0.15, 0.2) is 39.5 Å². The molecule has 0 aliphatic carbocycles. The number of carbonyl (C=O) groups is 1. The highest BCUT2D eigenvalue weighted by molar-refractivity contribution is 9.10. The lowest BCUT2D eigenvalue weighted by molar-refractivity contribution is -0.118. The first-order valence-electron chi connectivity index (χ1n) is 4.93. The van der Waals surface area contributed by atoms with Gasteiger partial charge in [-0.05, 0) is 18.2 Å². The zero-order chi connectivity index (χ0) is 13.0. The van der Waals surface area contributed by atoms with E-state index in [4.69, 9.17) is 4.74 Å². The van der Waals surface area contributed by atoms with Crippen LogP contribution in [0.1, 0.15) is 0 Å². The molecular formula is C11H8BrFN2O3. The van der Waals surface area contributed by atoms with Crippen molar-refractivity contribution >= 4 is 27.7 Å². The molecule has 7 heteroatoms. The summed E-state index contributed by atoms with van der Waals surface area (Å²) in [6, 6.07) is 5.79. The molecule has 2 rings (SSSR count). The van der Waals surface area contributed by atoms with Gasteiger partial charge >= 0.3 is 0 Å². The number of nitrogens with zero attached hydrogens (tertiary/aromatic N) is 1. The summed E-state index contributed by atoms with van der Waals surface area (Å²) in [5.74, 6) is -0.710. The van der Waals surface area contributed by atoms with Gasteiger partial charge in [0.25, 0.3) is 5.91 Å². The third-order valence-electron chi connectivity index (χ3n) is 1.96. The molecule has 18 heavy (non-hydrogen) atoms. The van der Waals surface area contributed by atoms with E-state index in [1.807, 2.05) is 0 Å². The standard InChI is InChI=1S/C11H8BrFN2O3/c12-7-1-2-9(8(13)5-7)17-6-11(16)14-10-3-4-18-15-10/h1-5H,6H2,(H,14,15,16). The summed E-state index contributed by atoms with van der Waals surface area (Å²) in [5.41, 5.74) is 0. The highest BCUT2D eigenvalue weighted by Crippen LogP contribution is 2.21. The highest BCUT2D eigenvalue weighted by Gasteiger charge is 2.08. The van der Waals surface area contributed by atoms with E-state index in [1.165, 1.54) is 24.5 Å². The van der Waals surface area contributed by atoms with E-state index < -0.39 is 11.7 Å². The molecule has 0 radical (unpaired) electrons. The summed E-state index contributed by atoms with van der Waals surface area (Å²) in [5, 5.41) is 5.92. The Bertz CT molecular complexity index is 545. The van der Waals surface area contributed by atoms with Gasteiger partial charge in [-0.25, -0.2) is 4.39 Å². The molecule has 1 heterocycles. The number of hydrogen-bond acceptors (Lipinski definition) is 4. The average molecular weight is 315 g/mol. The number of benzene rings is 1. The van der Waals surface area contributed by atoms with E-state index in [0.717, 1.165) is 0 Å². The maximum absolute atomic E-state index is 13.4.